The molecular weight excluding hydrogens is 466 g/mol. The summed E-state index contributed by atoms with van der Waals surface area (Å²) in [4.78, 5) is 26.3. The molecule has 2 heterocycles. The number of hydrogen-bond acceptors (Lipinski definition) is 5. The van der Waals surface area contributed by atoms with E-state index < -0.39 is 52.4 Å². The van der Waals surface area contributed by atoms with Gasteiger partial charge in [0.05, 0.1) is 12.2 Å². The van der Waals surface area contributed by atoms with Gasteiger partial charge in [0.25, 0.3) is 11.6 Å². The second-order valence-electron chi connectivity index (χ2n) is 11.6. The van der Waals surface area contributed by atoms with E-state index in [2.05, 4.69) is 25.8 Å². The summed E-state index contributed by atoms with van der Waals surface area (Å²) in [5.41, 5.74) is -1.64. The van der Waals surface area contributed by atoms with E-state index in [0.29, 0.717) is 0 Å². The minimum atomic E-state index is -2.55. The molecule has 1 aromatic rings. The van der Waals surface area contributed by atoms with Gasteiger partial charge in [-0.15, -0.1) is 0 Å². The Labute approximate surface area is 196 Å². The largest absolute Gasteiger partial charge is 0.414 e. The fourth-order valence-corrected chi connectivity index (χ4v) is 5.20. The lowest BCUT2D eigenvalue weighted by molar-refractivity contribution is -0.0484. The lowest BCUT2D eigenvalue weighted by Gasteiger charge is -2.39. The van der Waals surface area contributed by atoms with E-state index in [0.717, 1.165) is 10.6 Å². The van der Waals surface area contributed by atoms with E-state index in [1.165, 1.54) is 6.20 Å². The second-order valence-corrected chi connectivity index (χ2v) is 21.2. The zero-order valence-corrected chi connectivity index (χ0v) is 23.3. The predicted molar refractivity (Wildman–Crippen MR) is 130 cm³/mol. The van der Waals surface area contributed by atoms with Crippen LogP contribution in [0.4, 0.5) is 8.78 Å². The van der Waals surface area contributed by atoms with Crippen LogP contribution in [0.15, 0.2) is 33.5 Å². The standard InChI is InChI=1S/C22H38F2N2O5Si2/c1-21(2,3)32(7,8)29-13-14-16(18(23)24)17(31-33(9,10)22(4,5)6)19(30-14)26-12-11-15(27)25-20(26)28/h11-12,14,17,19H,13H2,1-10H3,(H,25,27,28)/t14-,17-,19-/m1/s1. The van der Waals surface area contributed by atoms with Crippen LogP contribution in [0.2, 0.25) is 36.3 Å². The lowest BCUT2D eigenvalue weighted by Crippen LogP contribution is -2.47. The Bertz CT molecular complexity index is 1000. The molecule has 1 fully saturated rings. The smallest absolute Gasteiger partial charge is 0.330 e. The highest BCUT2D eigenvalue weighted by Gasteiger charge is 2.50. The molecule has 0 unspecified atom stereocenters. The van der Waals surface area contributed by atoms with Gasteiger partial charge in [0, 0.05) is 12.3 Å². The minimum Gasteiger partial charge on any atom is -0.414 e. The molecule has 1 aromatic heterocycles. The highest BCUT2D eigenvalue weighted by atomic mass is 28.4. The molecule has 0 saturated carbocycles. The van der Waals surface area contributed by atoms with Gasteiger partial charge in [-0.2, -0.15) is 8.78 Å². The van der Waals surface area contributed by atoms with Crippen LogP contribution in [0.3, 0.4) is 0 Å². The topological polar surface area (TPSA) is 82.5 Å². The number of rotatable bonds is 6. The second kappa shape index (κ2) is 9.33. The molecule has 0 radical (unpaired) electrons. The Balaban J connectivity index is 2.54. The van der Waals surface area contributed by atoms with Crippen LogP contribution in [-0.4, -0.2) is 45.0 Å². The first-order valence-electron chi connectivity index (χ1n) is 11.1. The Kier molecular flexibility index (Phi) is 7.87. The monoisotopic (exact) mass is 504 g/mol. The summed E-state index contributed by atoms with van der Waals surface area (Å²) in [6, 6.07) is 1.16. The van der Waals surface area contributed by atoms with Crippen LogP contribution in [0, 0.1) is 0 Å². The summed E-state index contributed by atoms with van der Waals surface area (Å²) < 4.78 is 48.4. The predicted octanol–water partition coefficient (Wildman–Crippen LogP) is 5.00. The number of nitrogens with one attached hydrogen (secondary N) is 1. The zero-order valence-electron chi connectivity index (χ0n) is 21.3. The maximum Gasteiger partial charge on any atom is 0.330 e. The fourth-order valence-electron chi connectivity index (χ4n) is 2.96. The van der Waals surface area contributed by atoms with E-state index in [1.807, 2.05) is 47.0 Å². The van der Waals surface area contributed by atoms with Crippen LogP contribution in [0.5, 0.6) is 0 Å². The van der Waals surface area contributed by atoms with E-state index in [9.17, 15) is 18.4 Å². The Morgan fingerprint density at radius 3 is 2.06 bits per heavy atom. The van der Waals surface area contributed by atoms with E-state index in [4.69, 9.17) is 13.6 Å². The van der Waals surface area contributed by atoms with E-state index in [-0.39, 0.29) is 22.3 Å². The number of H-pyrrole nitrogens is 1. The van der Waals surface area contributed by atoms with Crippen molar-refractivity contribution < 1.29 is 22.4 Å². The van der Waals surface area contributed by atoms with Crippen LogP contribution < -0.4 is 11.2 Å². The van der Waals surface area contributed by atoms with Crippen molar-refractivity contribution in [3.63, 3.8) is 0 Å². The number of aromatic amines is 1. The maximum atomic E-state index is 14.4. The number of hydrogen-bond donors (Lipinski definition) is 1. The highest BCUT2D eigenvalue weighted by Crippen LogP contribution is 2.45. The number of ether oxygens (including phenoxy) is 1. The molecule has 0 aromatic carbocycles. The van der Waals surface area contributed by atoms with Crippen LogP contribution in [0.1, 0.15) is 47.8 Å². The minimum absolute atomic E-state index is 0.0743. The molecule has 188 valence electrons. The summed E-state index contributed by atoms with van der Waals surface area (Å²) in [7, 11) is -4.80. The molecule has 1 saturated heterocycles. The maximum absolute atomic E-state index is 14.4. The van der Waals surface area contributed by atoms with Gasteiger partial charge >= 0.3 is 5.69 Å². The molecule has 0 spiro atoms. The summed E-state index contributed by atoms with van der Waals surface area (Å²) in [6.45, 7) is 20.1. The van der Waals surface area contributed by atoms with Gasteiger partial charge in [0.2, 0.25) is 0 Å². The molecule has 7 nitrogen and oxygen atoms in total. The molecule has 11 heteroatoms. The third kappa shape index (κ3) is 6.00. The first kappa shape index (κ1) is 27.8. The van der Waals surface area contributed by atoms with E-state index in [1.54, 1.807) is 0 Å². The molecule has 2 rings (SSSR count). The van der Waals surface area contributed by atoms with Gasteiger partial charge < -0.3 is 13.6 Å². The van der Waals surface area contributed by atoms with Crippen molar-refractivity contribution in [2.75, 3.05) is 6.61 Å². The SMILES string of the molecule is CC(C)(C)[Si](C)(C)OC[C@H]1O[C@@H](n2ccc(=O)[nH]c2=O)[C@H](O[Si](C)(C)C(C)(C)C)C1=C(F)F. The molecule has 0 bridgehead atoms. The van der Waals surface area contributed by atoms with Crippen LogP contribution in [0.25, 0.3) is 0 Å². The van der Waals surface area contributed by atoms with Crippen molar-refractivity contribution in [3.05, 3.63) is 44.8 Å². The van der Waals surface area contributed by atoms with Crippen molar-refractivity contribution >= 4 is 16.6 Å². The van der Waals surface area contributed by atoms with Gasteiger partial charge in [0.1, 0.15) is 12.2 Å². The average molecular weight is 505 g/mol. The molecule has 33 heavy (non-hydrogen) atoms. The van der Waals surface area contributed by atoms with Crippen molar-refractivity contribution in [2.24, 2.45) is 0 Å². The number of aromatic nitrogens is 2. The highest BCUT2D eigenvalue weighted by molar-refractivity contribution is 6.74. The molecule has 0 aliphatic carbocycles. The van der Waals surface area contributed by atoms with Crippen LogP contribution >= 0.6 is 0 Å². The molecule has 1 N–H and O–H groups in total. The Morgan fingerprint density at radius 1 is 1.06 bits per heavy atom. The molecule has 3 atom stereocenters. The summed E-state index contributed by atoms with van der Waals surface area (Å²) in [5.74, 6) is 0. The number of halogens is 2. The molecule has 1 aliphatic rings. The molecule has 0 amide bonds. The molecular formula is C22H38F2N2O5Si2. The van der Waals surface area contributed by atoms with Crippen molar-refractivity contribution in [3.8, 4) is 0 Å². The summed E-state index contributed by atoms with van der Waals surface area (Å²) in [6.07, 6.45) is -4.08. The Hall–Kier alpha value is -1.41. The first-order chi connectivity index (χ1) is 14.8. The summed E-state index contributed by atoms with van der Waals surface area (Å²) in [5, 5.41) is -0.378. The summed E-state index contributed by atoms with van der Waals surface area (Å²) >= 11 is 0. The van der Waals surface area contributed by atoms with E-state index >= 15 is 0 Å². The third-order valence-corrected chi connectivity index (χ3v) is 16.1. The average Bonchev–Trinajstić information content (AvgIpc) is 2.95. The van der Waals surface area contributed by atoms with Gasteiger partial charge in [-0.1, -0.05) is 41.5 Å². The molecule has 1 aliphatic heterocycles. The van der Waals surface area contributed by atoms with Crippen molar-refractivity contribution in [2.45, 2.75) is 96.2 Å². The third-order valence-electron chi connectivity index (χ3n) is 7.19. The first-order valence-corrected chi connectivity index (χ1v) is 16.9. The van der Waals surface area contributed by atoms with Gasteiger partial charge in [-0.25, -0.2) is 4.79 Å². The van der Waals surface area contributed by atoms with Gasteiger partial charge in [-0.05, 0) is 36.3 Å². The normalized spacial score (nSPS) is 22.7. The number of nitrogens with zero attached hydrogens (tertiary/aromatic N) is 1. The van der Waals surface area contributed by atoms with Crippen LogP contribution in [-0.2, 0) is 13.6 Å². The lowest BCUT2D eigenvalue weighted by atomic mass is 10.1. The van der Waals surface area contributed by atoms with Gasteiger partial charge in [0.15, 0.2) is 22.9 Å². The Morgan fingerprint density at radius 2 is 1.61 bits per heavy atom. The van der Waals surface area contributed by atoms with Gasteiger partial charge in [-0.3, -0.25) is 14.3 Å². The van der Waals surface area contributed by atoms with Crippen molar-refractivity contribution in [1.29, 1.82) is 0 Å². The zero-order chi connectivity index (χ0) is 25.6. The fraction of sp³-hybridized carbons (Fsp3) is 0.727. The quantitative estimate of drug-likeness (QED) is 0.552. The van der Waals surface area contributed by atoms with Crippen molar-refractivity contribution in [1.82, 2.24) is 9.55 Å².